The second kappa shape index (κ2) is 5.79. The molecule has 6 heteroatoms. The van der Waals surface area contributed by atoms with Gasteiger partial charge in [-0.1, -0.05) is 12.1 Å². The number of aromatic nitrogens is 3. The van der Waals surface area contributed by atoms with Gasteiger partial charge in [0, 0.05) is 33.2 Å². The van der Waals surface area contributed by atoms with Crippen LogP contribution in [0.1, 0.15) is 37.2 Å². The molecule has 0 amide bonds. The van der Waals surface area contributed by atoms with Crippen LogP contribution in [-0.2, 0) is 17.7 Å². The van der Waals surface area contributed by atoms with E-state index in [1.165, 1.54) is 18.5 Å². The molecule has 0 saturated heterocycles. The van der Waals surface area contributed by atoms with Crippen LogP contribution in [0, 0.1) is 5.92 Å². The van der Waals surface area contributed by atoms with Crippen molar-refractivity contribution < 1.29 is 9.84 Å². The zero-order valence-corrected chi connectivity index (χ0v) is 12.3. The normalized spacial score (nSPS) is 27.9. The molecule has 1 unspecified atom stereocenters. The Morgan fingerprint density at radius 1 is 1.45 bits per heavy atom. The second-order valence-corrected chi connectivity index (χ2v) is 6.25. The van der Waals surface area contributed by atoms with Gasteiger partial charge in [-0.05, 0) is 18.8 Å². The Hall–Kier alpha value is -0.980. The highest BCUT2D eigenvalue weighted by Gasteiger charge is 2.32. The van der Waals surface area contributed by atoms with Crippen LogP contribution < -0.4 is 0 Å². The minimum absolute atomic E-state index is 0.390. The Balaban J connectivity index is 1.65. The number of rotatable bonds is 5. The standard InChI is InChI=1S/C14H24N4O2/c1-10-5-11(6-10)18-14-8-17(7-12(19)9-20-2)4-3-13(14)15-16-18/h10-12,19H,3-9H2,1-2H3. The molecule has 0 bridgehead atoms. The summed E-state index contributed by atoms with van der Waals surface area (Å²) in [5.74, 6) is 0.808. The van der Waals surface area contributed by atoms with Gasteiger partial charge in [0.05, 0.1) is 30.1 Å². The van der Waals surface area contributed by atoms with Gasteiger partial charge in [0.15, 0.2) is 0 Å². The first kappa shape index (κ1) is 14.0. The summed E-state index contributed by atoms with van der Waals surface area (Å²) < 4.78 is 7.12. The van der Waals surface area contributed by atoms with Crippen molar-refractivity contribution in [2.45, 2.75) is 44.9 Å². The third-order valence-electron chi connectivity index (χ3n) is 4.43. The Morgan fingerprint density at radius 2 is 2.25 bits per heavy atom. The fourth-order valence-electron chi connectivity index (χ4n) is 3.31. The average Bonchev–Trinajstić information content (AvgIpc) is 2.78. The van der Waals surface area contributed by atoms with E-state index in [1.54, 1.807) is 7.11 Å². The van der Waals surface area contributed by atoms with Crippen LogP contribution in [0.25, 0.3) is 0 Å². The number of hydrogen-bond donors (Lipinski definition) is 1. The number of methoxy groups -OCH3 is 1. The molecular weight excluding hydrogens is 256 g/mol. The minimum Gasteiger partial charge on any atom is -0.389 e. The summed E-state index contributed by atoms with van der Waals surface area (Å²) in [6.07, 6.45) is 2.93. The Kier molecular flexibility index (Phi) is 4.05. The third-order valence-corrected chi connectivity index (χ3v) is 4.43. The monoisotopic (exact) mass is 280 g/mol. The average molecular weight is 280 g/mol. The molecule has 1 aliphatic heterocycles. The van der Waals surface area contributed by atoms with Crippen LogP contribution in [0.3, 0.4) is 0 Å². The maximum absolute atomic E-state index is 9.87. The predicted molar refractivity (Wildman–Crippen MR) is 74.3 cm³/mol. The van der Waals surface area contributed by atoms with Gasteiger partial charge < -0.3 is 9.84 Å². The van der Waals surface area contributed by atoms with Gasteiger partial charge in [-0.15, -0.1) is 5.10 Å². The molecule has 6 nitrogen and oxygen atoms in total. The highest BCUT2D eigenvalue weighted by Crippen LogP contribution is 2.38. The van der Waals surface area contributed by atoms with Crippen molar-refractivity contribution in [1.82, 2.24) is 19.9 Å². The number of hydrogen-bond acceptors (Lipinski definition) is 5. The van der Waals surface area contributed by atoms with Gasteiger partial charge in [-0.2, -0.15) is 0 Å². The maximum Gasteiger partial charge on any atom is 0.0900 e. The number of nitrogens with zero attached hydrogens (tertiary/aromatic N) is 4. The van der Waals surface area contributed by atoms with E-state index in [-0.39, 0.29) is 0 Å². The first-order valence-electron chi connectivity index (χ1n) is 7.49. The van der Waals surface area contributed by atoms with E-state index in [9.17, 15) is 5.11 Å². The molecule has 1 fully saturated rings. The van der Waals surface area contributed by atoms with Crippen molar-refractivity contribution in [2.24, 2.45) is 5.92 Å². The summed E-state index contributed by atoms with van der Waals surface area (Å²) in [7, 11) is 1.62. The van der Waals surface area contributed by atoms with Gasteiger partial charge in [-0.3, -0.25) is 4.90 Å². The number of aliphatic hydroxyl groups is 1. The summed E-state index contributed by atoms with van der Waals surface area (Å²) in [6, 6.07) is 0.532. The molecule has 1 aliphatic carbocycles. The molecule has 1 N–H and O–H groups in total. The van der Waals surface area contributed by atoms with E-state index in [1.807, 2.05) is 0 Å². The van der Waals surface area contributed by atoms with E-state index in [2.05, 4.69) is 26.8 Å². The Labute approximate surface area is 119 Å². The van der Waals surface area contributed by atoms with Crippen molar-refractivity contribution in [1.29, 1.82) is 0 Å². The van der Waals surface area contributed by atoms with Crippen LogP contribution in [0.2, 0.25) is 0 Å². The van der Waals surface area contributed by atoms with Crippen LogP contribution in [0.4, 0.5) is 0 Å². The third kappa shape index (κ3) is 2.73. The van der Waals surface area contributed by atoms with Crippen LogP contribution >= 0.6 is 0 Å². The topological polar surface area (TPSA) is 63.4 Å². The summed E-state index contributed by atoms with van der Waals surface area (Å²) in [5, 5.41) is 18.6. The summed E-state index contributed by atoms with van der Waals surface area (Å²) in [5.41, 5.74) is 2.39. The van der Waals surface area contributed by atoms with Gasteiger partial charge >= 0.3 is 0 Å². The highest BCUT2D eigenvalue weighted by atomic mass is 16.5. The zero-order chi connectivity index (χ0) is 14.1. The summed E-state index contributed by atoms with van der Waals surface area (Å²) >= 11 is 0. The van der Waals surface area contributed by atoms with E-state index < -0.39 is 6.10 Å². The molecule has 0 radical (unpaired) electrons. The first-order chi connectivity index (χ1) is 9.67. The highest BCUT2D eigenvalue weighted by molar-refractivity contribution is 5.15. The maximum atomic E-state index is 9.87. The molecule has 2 heterocycles. The van der Waals surface area contributed by atoms with E-state index in [0.29, 0.717) is 19.2 Å². The number of ether oxygens (including phenoxy) is 1. The molecule has 0 spiro atoms. The zero-order valence-electron chi connectivity index (χ0n) is 12.3. The quantitative estimate of drug-likeness (QED) is 0.856. The molecule has 2 aliphatic rings. The van der Waals surface area contributed by atoms with Crippen molar-refractivity contribution in [3.8, 4) is 0 Å². The second-order valence-electron chi connectivity index (χ2n) is 6.25. The van der Waals surface area contributed by atoms with E-state index in [4.69, 9.17) is 4.74 Å². The number of aliphatic hydroxyl groups excluding tert-OH is 1. The molecule has 1 saturated carbocycles. The largest absolute Gasteiger partial charge is 0.389 e. The van der Waals surface area contributed by atoms with Crippen molar-refractivity contribution >= 4 is 0 Å². The van der Waals surface area contributed by atoms with Crippen molar-refractivity contribution in [3.63, 3.8) is 0 Å². The molecule has 112 valence electrons. The molecule has 0 aromatic carbocycles. The van der Waals surface area contributed by atoms with Crippen LogP contribution in [0.5, 0.6) is 0 Å². The SMILES string of the molecule is COCC(O)CN1CCc2nnn(C3CC(C)C3)c2C1. The fourth-order valence-corrected chi connectivity index (χ4v) is 3.31. The first-order valence-corrected chi connectivity index (χ1v) is 7.49. The van der Waals surface area contributed by atoms with Gasteiger partial charge in [0.25, 0.3) is 0 Å². The lowest BCUT2D eigenvalue weighted by molar-refractivity contribution is 0.0333. The van der Waals surface area contributed by atoms with Gasteiger partial charge in [-0.25, -0.2) is 4.68 Å². The molecule has 20 heavy (non-hydrogen) atoms. The lowest BCUT2D eigenvalue weighted by atomic mass is 9.82. The molecular formula is C14H24N4O2. The molecule has 1 aromatic rings. The number of fused-ring (bicyclic) bond motifs is 1. The Morgan fingerprint density at radius 3 is 2.95 bits per heavy atom. The summed E-state index contributed by atoms with van der Waals surface area (Å²) in [4.78, 5) is 2.27. The van der Waals surface area contributed by atoms with Gasteiger partial charge in [0.2, 0.25) is 0 Å². The summed E-state index contributed by atoms with van der Waals surface area (Å²) in [6.45, 7) is 5.11. The van der Waals surface area contributed by atoms with Crippen molar-refractivity contribution in [2.75, 3.05) is 26.8 Å². The smallest absolute Gasteiger partial charge is 0.0900 e. The van der Waals surface area contributed by atoms with Gasteiger partial charge in [0.1, 0.15) is 0 Å². The minimum atomic E-state index is -0.422. The molecule has 1 aromatic heterocycles. The lowest BCUT2D eigenvalue weighted by Gasteiger charge is -2.35. The molecule has 1 atom stereocenters. The van der Waals surface area contributed by atoms with E-state index in [0.717, 1.165) is 31.1 Å². The van der Waals surface area contributed by atoms with Crippen LogP contribution in [0.15, 0.2) is 0 Å². The number of β-amino-alcohol motifs (C(OH)–C–C–N with tert-alkyl or cyclic N) is 1. The Bertz CT molecular complexity index is 456. The predicted octanol–water partition coefficient (Wildman–Crippen LogP) is 0.614. The fraction of sp³-hybridized carbons (Fsp3) is 0.857. The van der Waals surface area contributed by atoms with E-state index >= 15 is 0 Å². The lowest BCUT2D eigenvalue weighted by Crippen LogP contribution is -2.39. The molecule has 3 rings (SSSR count). The van der Waals surface area contributed by atoms with Crippen LogP contribution in [-0.4, -0.2) is 57.9 Å². The van der Waals surface area contributed by atoms with Crippen molar-refractivity contribution in [3.05, 3.63) is 11.4 Å².